The maximum absolute atomic E-state index is 11.1. The van der Waals surface area contributed by atoms with Crippen LogP contribution < -0.4 is 0 Å². The SMILES string of the molecule is O=[N+]([O-])c1ccc([N+](=O)[O-])c([CH]c2cc([N+](=O)[O-])ccc2[N+](=O)[O-])c1. The normalized spacial score (nSPS) is 10.2. The van der Waals surface area contributed by atoms with Gasteiger partial charge in [-0.2, -0.15) is 0 Å². The molecule has 25 heavy (non-hydrogen) atoms. The minimum absolute atomic E-state index is 0.289. The fourth-order valence-electron chi connectivity index (χ4n) is 2.04. The van der Waals surface area contributed by atoms with Gasteiger partial charge in [0.1, 0.15) is 0 Å². The van der Waals surface area contributed by atoms with Gasteiger partial charge in [0.05, 0.1) is 19.7 Å². The first-order valence-corrected chi connectivity index (χ1v) is 6.41. The first-order chi connectivity index (χ1) is 11.7. The summed E-state index contributed by atoms with van der Waals surface area (Å²) in [6.45, 7) is 0. The molecule has 0 aromatic heterocycles. The third kappa shape index (κ3) is 3.69. The number of hydrogen-bond acceptors (Lipinski definition) is 8. The van der Waals surface area contributed by atoms with E-state index in [9.17, 15) is 40.5 Å². The van der Waals surface area contributed by atoms with Gasteiger partial charge in [0.25, 0.3) is 22.7 Å². The van der Waals surface area contributed by atoms with Crippen molar-refractivity contribution in [3.05, 3.63) is 94.4 Å². The van der Waals surface area contributed by atoms with E-state index in [0.29, 0.717) is 0 Å². The number of benzene rings is 2. The van der Waals surface area contributed by atoms with Crippen LogP contribution in [0.3, 0.4) is 0 Å². The Morgan fingerprint density at radius 2 is 0.960 bits per heavy atom. The molecule has 12 nitrogen and oxygen atoms in total. The van der Waals surface area contributed by atoms with E-state index >= 15 is 0 Å². The van der Waals surface area contributed by atoms with E-state index in [4.69, 9.17) is 0 Å². The quantitative estimate of drug-likeness (QED) is 0.566. The highest BCUT2D eigenvalue weighted by Gasteiger charge is 2.24. The Balaban J connectivity index is 2.61. The van der Waals surface area contributed by atoms with Crippen LogP contribution in [0.2, 0.25) is 0 Å². The molecule has 0 spiro atoms. The highest BCUT2D eigenvalue weighted by molar-refractivity contribution is 5.60. The van der Waals surface area contributed by atoms with Crippen molar-refractivity contribution in [3.63, 3.8) is 0 Å². The Morgan fingerprint density at radius 3 is 1.24 bits per heavy atom. The summed E-state index contributed by atoms with van der Waals surface area (Å²) in [5.74, 6) is 0. The van der Waals surface area contributed by atoms with E-state index < -0.39 is 42.4 Å². The molecule has 0 amide bonds. The van der Waals surface area contributed by atoms with Crippen molar-refractivity contribution in [2.24, 2.45) is 0 Å². The molecule has 0 saturated heterocycles. The molecule has 0 N–H and O–H groups in total. The average molecular weight is 347 g/mol. The molecular weight excluding hydrogens is 340 g/mol. The Hall–Kier alpha value is -3.96. The van der Waals surface area contributed by atoms with Crippen molar-refractivity contribution in [1.82, 2.24) is 0 Å². The third-order valence-corrected chi connectivity index (χ3v) is 3.15. The maximum Gasteiger partial charge on any atom is 0.273 e. The zero-order chi connectivity index (χ0) is 18.7. The predicted octanol–water partition coefficient (Wildman–Crippen LogP) is 2.92. The lowest BCUT2D eigenvalue weighted by molar-refractivity contribution is -0.390. The Kier molecular flexibility index (Phi) is 4.63. The largest absolute Gasteiger partial charge is 0.273 e. The van der Waals surface area contributed by atoms with Crippen LogP contribution in [-0.4, -0.2) is 19.7 Å². The molecule has 2 aromatic rings. The van der Waals surface area contributed by atoms with E-state index in [0.717, 1.165) is 42.8 Å². The predicted molar refractivity (Wildman–Crippen MR) is 82.0 cm³/mol. The second kappa shape index (κ2) is 6.66. The molecule has 1 radical (unpaired) electrons. The molecule has 0 heterocycles. The molecule has 0 atom stereocenters. The Morgan fingerprint density at radius 1 is 0.600 bits per heavy atom. The summed E-state index contributed by atoms with van der Waals surface area (Å²) < 4.78 is 0. The lowest BCUT2D eigenvalue weighted by Gasteiger charge is -2.04. The molecule has 12 heteroatoms. The van der Waals surface area contributed by atoms with Crippen molar-refractivity contribution in [1.29, 1.82) is 0 Å². The van der Waals surface area contributed by atoms with Gasteiger partial charge in [-0.3, -0.25) is 40.5 Å². The number of nitro benzene ring substituents is 4. The fraction of sp³-hybridized carbons (Fsp3) is 0. The number of rotatable bonds is 6. The number of nitro groups is 4. The van der Waals surface area contributed by atoms with Gasteiger partial charge in [-0.25, -0.2) is 0 Å². The van der Waals surface area contributed by atoms with Crippen LogP contribution in [-0.2, 0) is 0 Å². The third-order valence-electron chi connectivity index (χ3n) is 3.15. The van der Waals surface area contributed by atoms with Crippen molar-refractivity contribution in [3.8, 4) is 0 Å². The minimum atomic E-state index is -0.821. The van der Waals surface area contributed by atoms with E-state index in [1.165, 1.54) is 0 Å². The van der Waals surface area contributed by atoms with Gasteiger partial charge in [-0.05, 0) is 0 Å². The lowest BCUT2D eigenvalue weighted by atomic mass is 10.0. The fourth-order valence-corrected chi connectivity index (χ4v) is 2.04. The first-order valence-electron chi connectivity index (χ1n) is 6.41. The molecule has 2 rings (SSSR count). The van der Waals surface area contributed by atoms with Gasteiger partial charge in [0.2, 0.25) is 0 Å². The van der Waals surface area contributed by atoms with Gasteiger partial charge in [-0.15, -0.1) is 0 Å². The molecule has 0 aliphatic carbocycles. The molecule has 0 unspecified atom stereocenters. The molecule has 0 saturated carbocycles. The van der Waals surface area contributed by atoms with Crippen molar-refractivity contribution >= 4 is 22.7 Å². The van der Waals surface area contributed by atoms with E-state index in [1.807, 2.05) is 0 Å². The summed E-state index contributed by atoms with van der Waals surface area (Å²) in [6, 6.07) is 5.32. The van der Waals surface area contributed by atoms with Crippen molar-refractivity contribution in [2.45, 2.75) is 0 Å². The summed E-state index contributed by atoms with van der Waals surface area (Å²) in [4.78, 5) is 40.6. The summed E-state index contributed by atoms with van der Waals surface area (Å²) in [7, 11) is 0. The van der Waals surface area contributed by atoms with Crippen molar-refractivity contribution < 1.29 is 19.7 Å². The van der Waals surface area contributed by atoms with Crippen LogP contribution in [0.5, 0.6) is 0 Å². The molecule has 0 aliphatic rings. The minimum Gasteiger partial charge on any atom is -0.258 e. The number of hydrogen-bond donors (Lipinski definition) is 0. The highest BCUT2D eigenvalue weighted by Crippen LogP contribution is 2.32. The molecule has 0 bridgehead atoms. The van der Waals surface area contributed by atoms with Gasteiger partial charge in [0.15, 0.2) is 0 Å². The summed E-state index contributed by atoms with van der Waals surface area (Å²) in [5, 5.41) is 43.8. The van der Waals surface area contributed by atoms with Gasteiger partial charge >= 0.3 is 0 Å². The standard InChI is InChI=1S/C13H7N4O8/c18-14(19)10-1-3-12(16(22)23)8(6-10)5-9-7-11(15(20)21)2-4-13(9)17(24)25/h1-7H. The van der Waals surface area contributed by atoms with Crippen LogP contribution >= 0.6 is 0 Å². The highest BCUT2D eigenvalue weighted by atomic mass is 16.6. The summed E-state index contributed by atoms with van der Waals surface area (Å²) >= 11 is 0. The number of nitrogens with zero attached hydrogens (tertiary/aromatic N) is 4. The van der Waals surface area contributed by atoms with E-state index in [-0.39, 0.29) is 11.1 Å². The Labute approximate surface area is 137 Å². The average Bonchev–Trinajstić information content (AvgIpc) is 2.54. The topological polar surface area (TPSA) is 173 Å². The second-order valence-electron chi connectivity index (χ2n) is 4.66. The van der Waals surface area contributed by atoms with Gasteiger partial charge in [0, 0.05) is 53.9 Å². The molecule has 0 aliphatic heterocycles. The van der Waals surface area contributed by atoms with Gasteiger partial charge in [-0.1, -0.05) is 0 Å². The van der Waals surface area contributed by atoms with Crippen molar-refractivity contribution in [2.75, 3.05) is 0 Å². The van der Waals surface area contributed by atoms with E-state index in [2.05, 4.69) is 0 Å². The van der Waals surface area contributed by atoms with E-state index in [1.54, 1.807) is 0 Å². The van der Waals surface area contributed by atoms with Gasteiger partial charge < -0.3 is 0 Å². The first kappa shape index (κ1) is 17.4. The molecule has 127 valence electrons. The van der Waals surface area contributed by atoms with Crippen LogP contribution in [0.25, 0.3) is 0 Å². The maximum atomic E-state index is 11.1. The van der Waals surface area contributed by atoms with Crippen LogP contribution in [0.15, 0.2) is 36.4 Å². The second-order valence-corrected chi connectivity index (χ2v) is 4.66. The zero-order valence-electron chi connectivity index (χ0n) is 12.1. The molecule has 2 aromatic carbocycles. The smallest absolute Gasteiger partial charge is 0.258 e. The Bertz CT molecular complexity index is 837. The van der Waals surface area contributed by atoms with Crippen LogP contribution in [0, 0.1) is 46.9 Å². The monoisotopic (exact) mass is 347 g/mol. The van der Waals surface area contributed by atoms with Crippen LogP contribution in [0.1, 0.15) is 11.1 Å². The summed E-state index contributed by atoms with van der Waals surface area (Å²) in [5.41, 5.74) is -2.58. The zero-order valence-corrected chi connectivity index (χ0v) is 12.1. The molecular formula is C13H7N4O8. The lowest BCUT2D eigenvalue weighted by Crippen LogP contribution is -2.01. The number of non-ortho nitro benzene ring substituents is 2. The molecule has 0 fully saturated rings. The summed E-state index contributed by atoms with van der Waals surface area (Å²) in [6.07, 6.45) is 0.927. The van der Waals surface area contributed by atoms with Crippen LogP contribution in [0.4, 0.5) is 22.7 Å².